The normalized spacial score (nSPS) is 18.7. The van der Waals surface area contributed by atoms with Crippen molar-refractivity contribution in [3.63, 3.8) is 0 Å². The molecule has 29 heavy (non-hydrogen) atoms. The number of amides is 1. The first-order valence-electron chi connectivity index (χ1n) is 8.17. The van der Waals surface area contributed by atoms with Crippen molar-refractivity contribution in [3.8, 4) is 5.75 Å². The van der Waals surface area contributed by atoms with E-state index >= 15 is 0 Å². The molecule has 1 amide bonds. The molecule has 0 aliphatic carbocycles. The number of aromatic nitrogens is 2. The van der Waals surface area contributed by atoms with Gasteiger partial charge >= 0.3 is 0 Å². The summed E-state index contributed by atoms with van der Waals surface area (Å²) >= 11 is 31.5. The number of alkyl halides is 1. The van der Waals surface area contributed by atoms with Gasteiger partial charge in [-0.3, -0.25) is 9.69 Å². The van der Waals surface area contributed by atoms with Crippen molar-refractivity contribution in [2.45, 2.75) is 18.0 Å². The highest BCUT2D eigenvalue weighted by molar-refractivity contribution is 7.15. The van der Waals surface area contributed by atoms with Gasteiger partial charge in [0.15, 0.2) is 5.01 Å². The maximum Gasteiger partial charge on any atom is 0.250 e. The van der Waals surface area contributed by atoms with E-state index in [2.05, 4.69) is 10.2 Å². The number of carbonyl (C=O) groups is 1. The van der Waals surface area contributed by atoms with Crippen LogP contribution in [0.25, 0.3) is 0 Å². The summed E-state index contributed by atoms with van der Waals surface area (Å²) in [5, 5.41) is 10.2. The lowest BCUT2D eigenvalue weighted by atomic mass is 9.94. The van der Waals surface area contributed by atoms with E-state index in [0.717, 1.165) is 5.56 Å². The molecular formula is C18H10Cl5N3O2S. The first-order chi connectivity index (χ1) is 13.8. The monoisotopic (exact) mass is 507 g/mol. The van der Waals surface area contributed by atoms with Gasteiger partial charge in [0, 0.05) is 5.02 Å². The molecule has 2 unspecified atom stereocenters. The van der Waals surface area contributed by atoms with Crippen LogP contribution < -0.4 is 9.64 Å². The van der Waals surface area contributed by atoms with E-state index in [1.165, 1.54) is 16.2 Å². The summed E-state index contributed by atoms with van der Waals surface area (Å²) in [6.45, 7) is 0.142. The molecular weight excluding hydrogens is 500 g/mol. The molecule has 3 aromatic rings. The summed E-state index contributed by atoms with van der Waals surface area (Å²) in [4.78, 5) is 13.9. The second-order valence-corrected chi connectivity index (χ2v) is 9.24. The Hall–Kier alpha value is -1.28. The van der Waals surface area contributed by atoms with Crippen LogP contribution in [0.2, 0.25) is 20.1 Å². The molecule has 1 fully saturated rings. The Morgan fingerprint density at radius 3 is 2.52 bits per heavy atom. The second kappa shape index (κ2) is 8.46. The van der Waals surface area contributed by atoms with Crippen molar-refractivity contribution >= 4 is 80.4 Å². The van der Waals surface area contributed by atoms with Gasteiger partial charge in [-0.05, 0) is 35.9 Å². The molecule has 0 N–H and O–H groups in total. The Morgan fingerprint density at radius 2 is 1.79 bits per heavy atom. The number of hydrogen-bond acceptors (Lipinski definition) is 5. The average Bonchev–Trinajstić information content (AvgIpc) is 3.15. The Kier molecular flexibility index (Phi) is 6.11. The Balaban J connectivity index is 1.51. The Bertz CT molecular complexity index is 1090. The molecule has 0 radical (unpaired) electrons. The number of β-lactam (4-membered cyclic amide) rings is 1. The molecule has 0 bridgehead atoms. The summed E-state index contributed by atoms with van der Waals surface area (Å²) in [6, 6.07) is 9.66. The fraction of sp³-hybridized carbons (Fsp3) is 0.167. The number of carbonyl (C=O) groups excluding carboxylic acids is 1. The lowest BCUT2D eigenvalue weighted by molar-refractivity contribution is -0.123. The van der Waals surface area contributed by atoms with Gasteiger partial charge in [0.05, 0.1) is 21.1 Å². The fourth-order valence-corrected chi connectivity index (χ4v) is 4.74. The van der Waals surface area contributed by atoms with Crippen LogP contribution in [0.3, 0.4) is 0 Å². The molecule has 1 aliphatic heterocycles. The number of rotatable bonds is 5. The van der Waals surface area contributed by atoms with E-state index in [1.54, 1.807) is 36.4 Å². The molecule has 0 spiro atoms. The van der Waals surface area contributed by atoms with Gasteiger partial charge in [-0.2, -0.15) is 0 Å². The number of benzene rings is 2. The Labute approximate surface area is 195 Å². The fourth-order valence-electron chi connectivity index (χ4n) is 2.81. The maximum atomic E-state index is 12.4. The van der Waals surface area contributed by atoms with Crippen LogP contribution in [-0.4, -0.2) is 21.5 Å². The molecule has 5 nitrogen and oxygen atoms in total. The van der Waals surface area contributed by atoms with E-state index in [0.29, 0.717) is 36.0 Å². The summed E-state index contributed by atoms with van der Waals surface area (Å²) in [5.41, 5.74) is 0.764. The molecule has 2 aromatic carbocycles. The molecule has 1 aromatic heterocycles. The number of anilines is 1. The highest BCUT2D eigenvalue weighted by Crippen LogP contribution is 2.44. The van der Waals surface area contributed by atoms with Crippen LogP contribution in [0.1, 0.15) is 16.6 Å². The highest BCUT2D eigenvalue weighted by Gasteiger charge is 2.49. The van der Waals surface area contributed by atoms with Gasteiger partial charge in [0.1, 0.15) is 17.7 Å². The van der Waals surface area contributed by atoms with Crippen LogP contribution in [-0.2, 0) is 11.4 Å². The summed E-state index contributed by atoms with van der Waals surface area (Å²) in [6.07, 6.45) is 0. The van der Waals surface area contributed by atoms with Gasteiger partial charge in [0.25, 0.3) is 0 Å². The van der Waals surface area contributed by atoms with E-state index in [-0.39, 0.29) is 12.5 Å². The maximum absolute atomic E-state index is 12.4. The minimum absolute atomic E-state index is 0.142. The quantitative estimate of drug-likeness (QED) is 0.294. The third-order valence-electron chi connectivity index (χ3n) is 4.22. The number of halogens is 5. The van der Waals surface area contributed by atoms with E-state index in [1.807, 2.05) is 0 Å². The van der Waals surface area contributed by atoms with Crippen molar-refractivity contribution in [2.24, 2.45) is 0 Å². The third-order valence-corrected chi connectivity index (χ3v) is 6.81. The van der Waals surface area contributed by atoms with Crippen molar-refractivity contribution in [1.29, 1.82) is 0 Å². The number of ether oxygens (including phenoxy) is 1. The molecule has 11 heteroatoms. The van der Waals surface area contributed by atoms with Crippen molar-refractivity contribution in [3.05, 3.63) is 67.1 Å². The first kappa shape index (κ1) is 21.0. The largest absolute Gasteiger partial charge is 0.485 e. The minimum Gasteiger partial charge on any atom is -0.485 e. The minimum atomic E-state index is -0.719. The average molecular weight is 510 g/mol. The van der Waals surface area contributed by atoms with Crippen molar-refractivity contribution < 1.29 is 9.53 Å². The van der Waals surface area contributed by atoms with Crippen LogP contribution in [0, 0.1) is 0 Å². The zero-order valence-electron chi connectivity index (χ0n) is 14.3. The Morgan fingerprint density at radius 1 is 1.00 bits per heavy atom. The van der Waals surface area contributed by atoms with E-state index < -0.39 is 11.4 Å². The predicted octanol–water partition coefficient (Wildman–Crippen LogP) is 6.43. The summed E-state index contributed by atoms with van der Waals surface area (Å²) in [5.74, 6) is 0.217. The summed E-state index contributed by atoms with van der Waals surface area (Å²) in [7, 11) is 0. The van der Waals surface area contributed by atoms with Crippen LogP contribution in [0.15, 0.2) is 36.4 Å². The zero-order valence-corrected chi connectivity index (χ0v) is 18.9. The van der Waals surface area contributed by atoms with Gasteiger partial charge < -0.3 is 4.74 Å². The smallest absolute Gasteiger partial charge is 0.250 e. The third kappa shape index (κ3) is 4.15. The van der Waals surface area contributed by atoms with Crippen LogP contribution in [0.4, 0.5) is 5.13 Å². The standard InChI is InChI=1S/C18H10Cl5N3O2S/c19-9-2-4-13(12(22)6-9)28-7-14-24-25-18(29-14)26-16(15(23)17(26)27)8-1-3-10(20)11(21)5-8/h1-6,15-16H,7H2. The molecule has 1 aliphatic rings. The molecule has 2 atom stereocenters. The molecule has 1 saturated heterocycles. The van der Waals surface area contributed by atoms with Gasteiger partial charge in [-0.25, -0.2) is 0 Å². The lowest BCUT2D eigenvalue weighted by Crippen LogP contribution is -2.56. The van der Waals surface area contributed by atoms with E-state index in [4.69, 9.17) is 62.7 Å². The SMILES string of the molecule is O=C1C(Cl)C(c2ccc(Cl)c(Cl)c2)N1c1nnc(COc2ccc(Cl)cc2Cl)s1. The number of nitrogens with zero attached hydrogens (tertiary/aromatic N) is 3. The van der Waals surface area contributed by atoms with Gasteiger partial charge in [-0.1, -0.05) is 63.8 Å². The molecule has 2 heterocycles. The molecule has 0 saturated carbocycles. The first-order valence-corrected chi connectivity index (χ1v) is 10.9. The topological polar surface area (TPSA) is 55.3 Å². The second-order valence-electron chi connectivity index (χ2n) is 6.07. The zero-order chi connectivity index (χ0) is 20.7. The summed E-state index contributed by atoms with van der Waals surface area (Å²) < 4.78 is 5.67. The van der Waals surface area contributed by atoms with Crippen molar-refractivity contribution in [2.75, 3.05) is 4.90 Å². The van der Waals surface area contributed by atoms with Crippen molar-refractivity contribution in [1.82, 2.24) is 10.2 Å². The van der Waals surface area contributed by atoms with Gasteiger partial charge in [-0.15, -0.1) is 21.8 Å². The van der Waals surface area contributed by atoms with Crippen LogP contribution >= 0.6 is 69.3 Å². The number of hydrogen-bond donors (Lipinski definition) is 0. The predicted molar refractivity (Wildman–Crippen MR) is 117 cm³/mol. The van der Waals surface area contributed by atoms with Gasteiger partial charge in [0.2, 0.25) is 11.0 Å². The van der Waals surface area contributed by atoms with Crippen LogP contribution in [0.5, 0.6) is 5.75 Å². The highest BCUT2D eigenvalue weighted by atomic mass is 35.5. The molecule has 150 valence electrons. The molecule has 4 rings (SSSR count). The van der Waals surface area contributed by atoms with E-state index in [9.17, 15) is 4.79 Å². The lowest BCUT2D eigenvalue weighted by Gasteiger charge is -2.42.